The molecule has 0 aromatic heterocycles. The maximum Gasteiger partial charge on any atom is 0.198 e. The van der Waals surface area contributed by atoms with Gasteiger partial charge in [-0.2, -0.15) is 0 Å². The highest BCUT2D eigenvalue weighted by atomic mass is 16.1. The topological polar surface area (TPSA) is 17.1 Å². The van der Waals surface area contributed by atoms with E-state index in [9.17, 15) is 4.79 Å². The minimum absolute atomic E-state index is 0.545. The molecule has 1 nitrogen and oxygen atoms in total. The summed E-state index contributed by atoms with van der Waals surface area (Å²) in [5.74, 6) is 1.71. The molecule has 1 atom stereocenters. The Kier molecular flexibility index (Phi) is 11.1. The summed E-state index contributed by atoms with van der Waals surface area (Å²) in [6.45, 7) is 9.15. The molecule has 0 aromatic carbocycles. The molecule has 0 fully saturated rings. The highest BCUT2D eigenvalue weighted by Gasteiger charge is 2.03. The van der Waals surface area contributed by atoms with Crippen LogP contribution in [0.25, 0.3) is 0 Å². The van der Waals surface area contributed by atoms with Gasteiger partial charge in [-0.25, -0.2) is 0 Å². The fourth-order valence-electron chi connectivity index (χ4n) is 2.23. The SMILES string of the molecule is CC(=CCC[C]=O)CCCC(C)CCCC(C)C. The molecule has 1 heteroatoms. The molecule has 0 spiro atoms. The van der Waals surface area contributed by atoms with Crippen LogP contribution in [-0.2, 0) is 4.79 Å². The van der Waals surface area contributed by atoms with Gasteiger partial charge in [0, 0.05) is 6.42 Å². The van der Waals surface area contributed by atoms with Crippen LogP contribution in [0.15, 0.2) is 11.6 Å². The number of carbonyl (C=O) groups excluding carboxylic acids is 1. The Morgan fingerprint density at radius 3 is 2.39 bits per heavy atom. The summed E-state index contributed by atoms with van der Waals surface area (Å²) in [4.78, 5) is 10.1. The van der Waals surface area contributed by atoms with Crippen LogP contribution in [0.3, 0.4) is 0 Å². The summed E-state index contributed by atoms with van der Waals surface area (Å²) in [5, 5.41) is 0. The third kappa shape index (κ3) is 11.9. The van der Waals surface area contributed by atoms with Gasteiger partial charge in [-0.3, -0.25) is 4.79 Å². The van der Waals surface area contributed by atoms with Gasteiger partial charge in [-0.15, -0.1) is 0 Å². The average Bonchev–Trinajstić information content (AvgIpc) is 2.29. The maximum absolute atomic E-state index is 10.1. The maximum atomic E-state index is 10.1. The molecule has 0 aliphatic rings. The van der Waals surface area contributed by atoms with Crippen molar-refractivity contribution >= 4 is 6.29 Å². The second kappa shape index (κ2) is 11.5. The second-order valence-corrected chi connectivity index (χ2v) is 6.06. The Balaban J connectivity index is 3.51. The van der Waals surface area contributed by atoms with Crippen LogP contribution in [0.1, 0.15) is 79.1 Å². The third-order valence-corrected chi connectivity index (χ3v) is 3.49. The van der Waals surface area contributed by atoms with Crippen molar-refractivity contribution in [2.45, 2.75) is 79.1 Å². The predicted octanol–water partition coefficient (Wildman–Crippen LogP) is 5.46. The molecule has 1 unspecified atom stereocenters. The first kappa shape index (κ1) is 17.4. The van der Waals surface area contributed by atoms with Crippen molar-refractivity contribution in [3.05, 3.63) is 11.6 Å². The molecular weight excluding hydrogens is 220 g/mol. The van der Waals surface area contributed by atoms with E-state index in [0.717, 1.165) is 18.3 Å². The van der Waals surface area contributed by atoms with Crippen molar-refractivity contribution < 1.29 is 4.79 Å². The molecule has 1 radical (unpaired) electrons. The van der Waals surface area contributed by atoms with Crippen LogP contribution in [0.4, 0.5) is 0 Å². The lowest BCUT2D eigenvalue weighted by molar-refractivity contribution is 0.427. The molecule has 0 aliphatic carbocycles. The normalized spacial score (nSPS) is 13.9. The van der Waals surface area contributed by atoms with Crippen molar-refractivity contribution in [2.24, 2.45) is 11.8 Å². The minimum atomic E-state index is 0.545. The van der Waals surface area contributed by atoms with E-state index >= 15 is 0 Å². The second-order valence-electron chi connectivity index (χ2n) is 6.06. The van der Waals surface area contributed by atoms with Gasteiger partial charge in [-0.05, 0) is 38.0 Å². The minimum Gasteiger partial charge on any atom is -0.291 e. The molecular formula is C17H31O. The van der Waals surface area contributed by atoms with Crippen LogP contribution in [0, 0.1) is 11.8 Å². The number of hydrogen-bond donors (Lipinski definition) is 0. The molecule has 0 aromatic rings. The fraction of sp³-hybridized carbons (Fsp3) is 0.824. The standard InChI is InChI=1S/C17H31O/c1-15(2)9-7-11-17(4)13-8-12-16(3)10-5-6-14-18/h10,15,17H,5-9,11-13H2,1-4H3. The van der Waals surface area contributed by atoms with E-state index in [0.29, 0.717) is 6.42 Å². The zero-order valence-corrected chi connectivity index (χ0v) is 12.8. The molecule has 0 N–H and O–H groups in total. The van der Waals surface area contributed by atoms with Gasteiger partial charge in [0.25, 0.3) is 0 Å². The Morgan fingerprint density at radius 1 is 1.11 bits per heavy atom. The van der Waals surface area contributed by atoms with Gasteiger partial charge < -0.3 is 0 Å². The predicted molar refractivity (Wildman–Crippen MR) is 80.4 cm³/mol. The molecule has 0 saturated heterocycles. The highest BCUT2D eigenvalue weighted by Crippen LogP contribution is 2.19. The zero-order valence-electron chi connectivity index (χ0n) is 12.8. The monoisotopic (exact) mass is 251 g/mol. The average molecular weight is 251 g/mol. The molecule has 18 heavy (non-hydrogen) atoms. The first-order valence-corrected chi connectivity index (χ1v) is 7.56. The number of allylic oxidation sites excluding steroid dienone is 2. The summed E-state index contributed by atoms with van der Waals surface area (Å²) in [7, 11) is 0. The van der Waals surface area contributed by atoms with Gasteiger partial charge in [0.1, 0.15) is 0 Å². The van der Waals surface area contributed by atoms with E-state index in [4.69, 9.17) is 0 Å². The number of unbranched alkanes of at least 4 members (excludes halogenated alkanes) is 1. The summed E-state index contributed by atoms with van der Waals surface area (Å²) < 4.78 is 0. The van der Waals surface area contributed by atoms with E-state index in [2.05, 4.69) is 33.8 Å². The number of hydrogen-bond acceptors (Lipinski definition) is 1. The Hall–Kier alpha value is -0.590. The quantitative estimate of drug-likeness (QED) is 0.352. The van der Waals surface area contributed by atoms with E-state index < -0.39 is 0 Å². The van der Waals surface area contributed by atoms with Gasteiger partial charge in [0.05, 0.1) is 0 Å². The van der Waals surface area contributed by atoms with E-state index in [1.807, 2.05) is 6.29 Å². The lowest BCUT2D eigenvalue weighted by Gasteiger charge is -2.12. The summed E-state index contributed by atoms with van der Waals surface area (Å²) >= 11 is 0. The van der Waals surface area contributed by atoms with Gasteiger partial charge in [0.15, 0.2) is 6.29 Å². The van der Waals surface area contributed by atoms with Crippen LogP contribution in [0.2, 0.25) is 0 Å². The van der Waals surface area contributed by atoms with Crippen molar-refractivity contribution in [1.82, 2.24) is 0 Å². The summed E-state index contributed by atoms with van der Waals surface area (Å²) in [5.41, 5.74) is 1.43. The molecule has 0 heterocycles. The van der Waals surface area contributed by atoms with E-state index in [-0.39, 0.29) is 0 Å². The zero-order chi connectivity index (χ0) is 13.8. The molecule has 105 valence electrons. The van der Waals surface area contributed by atoms with Crippen LogP contribution in [0.5, 0.6) is 0 Å². The lowest BCUT2D eigenvalue weighted by Crippen LogP contribution is -1.97. The lowest BCUT2D eigenvalue weighted by atomic mass is 9.94. The highest BCUT2D eigenvalue weighted by molar-refractivity contribution is 5.50. The Morgan fingerprint density at radius 2 is 1.78 bits per heavy atom. The molecule has 0 aliphatic heterocycles. The largest absolute Gasteiger partial charge is 0.291 e. The summed E-state index contributed by atoms with van der Waals surface area (Å²) in [6.07, 6.45) is 13.5. The molecule has 0 saturated carbocycles. The third-order valence-electron chi connectivity index (χ3n) is 3.49. The Labute approximate surface area is 114 Å². The first-order valence-electron chi connectivity index (χ1n) is 7.56. The molecule has 0 bridgehead atoms. The van der Waals surface area contributed by atoms with E-state index in [1.165, 1.54) is 44.1 Å². The van der Waals surface area contributed by atoms with Crippen molar-refractivity contribution in [1.29, 1.82) is 0 Å². The first-order chi connectivity index (χ1) is 8.56. The van der Waals surface area contributed by atoms with Crippen LogP contribution >= 0.6 is 0 Å². The van der Waals surface area contributed by atoms with Crippen molar-refractivity contribution in [3.63, 3.8) is 0 Å². The van der Waals surface area contributed by atoms with Crippen molar-refractivity contribution in [2.75, 3.05) is 0 Å². The summed E-state index contributed by atoms with van der Waals surface area (Å²) in [6, 6.07) is 0. The molecule has 0 rings (SSSR count). The number of rotatable bonds is 11. The van der Waals surface area contributed by atoms with Crippen LogP contribution < -0.4 is 0 Å². The molecule has 0 amide bonds. The van der Waals surface area contributed by atoms with E-state index in [1.54, 1.807) is 0 Å². The van der Waals surface area contributed by atoms with Crippen LogP contribution in [-0.4, -0.2) is 6.29 Å². The Bertz CT molecular complexity index is 228. The fourth-order valence-corrected chi connectivity index (χ4v) is 2.23. The van der Waals surface area contributed by atoms with Gasteiger partial charge >= 0.3 is 0 Å². The van der Waals surface area contributed by atoms with Crippen molar-refractivity contribution in [3.8, 4) is 0 Å². The van der Waals surface area contributed by atoms with Gasteiger partial charge in [-0.1, -0.05) is 58.1 Å². The smallest absolute Gasteiger partial charge is 0.198 e. The van der Waals surface area contributed by atoms with Gasteiger partial charge in [0.2, 0.25) is 0 Å².